The zero-order chi connectivity index (χ0) is 27.9. The van der Waals surface area contributed by atoms with Crippen molar-refractivity contribution in [2.24, 2.45) is 0 Å². The number of amides is 2. The number of nitrogens with one attached hydrogen (secondary N) is 3. The Kier molecular flexibility index (Phi) is 8.25. The van der Waals surface area contributed by atoms with E-state index in [4.69, 9.17) is 9.72 Å². The number of nitrogens with zero attached hydrogens (tertiary/aromatic N) is 1. The standard InChI is InChI=1S/C32H32N4O4/c1-40-22-16-14-21(15-17-22)29-30-25(23-10-4-6-12-26(23)35-30)20-27(36-29)32(39)34-19-9-3-2-8-18-33-31(38)24-11-5-7-13-28(24)37/h4-7,10-17,20,35,37H,2-3,8-9,18-19H2,1H3,(H,33,38)(H,34,39). The molecule has 2 amide bonds. The third kappa shape index (κ3) is 5.91. The highest BCUT2D eigenvalue weighted by atomic mass is 16.5. The van der Waals surface area contributed by atoms with E-state index in [1.54, 1.807) is 25.3 Å². The minimum Gasteiger partial charge on any atom is -0.507 e. The molecule has 2 aromatic heterocycles. The fourth-order valence-corrected chi connectivity index (χ4v) is 4.78. The number of aromatic hydroxyl groups is 1. The summed E-state index contributed by atoms with van der Waals surface area (Å²) in [6.07, 6.45) is 3.47. The number of carbonyl (C=O) groups is 2. The average molecular weight is 537 g/mol. The number of para-hydroxylation sites is 2. The number of ether oxygens (including phenoxy) is 1. The molecule has 8 heteroatoms. The lowest BCUT2D eigenvalue weighted by atomic mass is 10.1. The molecule has 0 fully saturated rings. The number of fused-ring (bicyclic) bond motifs is 3. The molecule has 40 heavy (non-hydrogen) atoms. The second kappa shape index (κ2) is 12.3. The van der Waals surface area contributed by atoms with Crippen molar-refractivity contribution in [3.63, 3.8) is 0 Å². The first-order valence-corrected chi connectivity index (χ1v) is 13.5. The van der Waals surface area contributed by atoms with E-state index in [9.17, 15) is 14.7 Å². The predicted molar refractivity (Wildman–Crippen MR) is 157 cm³/mol. The molecule has 0 spiro atoms. The summed E-state index contributed by atoms with van der Waals surface area (Å²) >= 11 is 0. The SMILES string of the molecule is COc1ccc(-c2nc(C(=O)NCCCCCCNC(=O)c3ccccc3O)cc3c2[nH]c2ccccc23)cc1. The molecule has 0 aliphatic rings. The number of H-pyrrole nitrogens is 1. The quantitative estimate of drug-likeness (QED) is 0.159. The fraction of sp³-hybridized carbons (Fsp3) is 0.219. The summed E-state index contributed by atoms with van der Waals surface area (Å²) in [6.45, 7) is 1.07. The Labute approximate surface area is 232 Å². The number of phenolic OH excluding ortho intramolecular Hbond substituents is 1. The van der Waals surface area contributed by atoms with Gasteiger partial charge in [0, 0.05) is 34.9 Å². The van der Waals surface area contributed by atoms with Crippen LogP contribution in [-0.2, 0) is 0 Å². The van der Waals surface area contributed by atoms with Gasteiger partial charge in [0.1, 0.15) is 17.2 Å². The Morgan fingerprint density at radius 1 is 0.825 bits per heavy atom. The first kappa shape index (κ1) is 26.7. The molecule has 0 saturated heterocycles. The van der Waals surface area contributed by atoms with Crippen molar-refractivity contribution in [2.45, 2.75) is 25.7 Å². The first-order valence-electron chi connectivity index (χ1n) is 13.5. The molecule has 0 unspecified atom stereocenters. The number of methoxy groups -OCH3 is 1. The van der Waals surface area contributed by atoms with E-state index >= 15 is 0 Å². The van der Waals surface area contributed by atoms with Gasteiger partial charge in [-0.05, 0) is 61.4 Å². The van der Waals surface area contributed by atoms with Gasteiger partial charge in [-0.1, -0.05) is 43.2 Å². The van der Waals surface area contributed by atoms with E-state index in [-0.39, 0.29) is 23.1 Å². The van der Waals surface area contributed by atoms with Crippen LogP contribution in [0.1, 0.15) is 46.5 Å². The lowest BCUT2D eigenvalue weighted by molar-refractivity contribution is 0.0939. The second-order valence-corrected chi connectivity index (χ2v) is 9.62. The van der Waals surface area contributed by atoms with Gasteiger partial charge in [0.25, 0.3) is 11.8 Å². The molecule has 0 aliphatic carbocycles. The van der Waals surface area contributed by atoms with Gasteiger partial charge in [-0.2, -0.15) is 0 Å². The Balaban J connectivity index is 1.18. The van der Waals surface area contributed by atoms with Gasteiger partial charge in [0.05, 0.1) is 23.9 Å². The third-order valence-electron chi connectivity index (χ3n) is 6.92. The van der Waals surface area contributed by atoms with Crippen LogP contribution >= 0.6 is 0 Å². The summed E-state index contributed by atoms with van der Waals surface area (Å²) in [5.41, 5.74) is 4.13. The van der Waals surface area contributed by atoms with Crippen molar-refractivity contribution in [3.05, 3.63) is 90.1 Å². The van der Waals surface area contributed by atoms with Gasteiger partial charge < -0.3 is 25.5 Å². The number of aromatic amines is 1. The summed E-state index contributed by atoms with van der Waals surface area (Å²) in [4.78, 5) is 33.5. The molecule has 5 aromatic rings. The highest BCUT2D eigenvalue weighted by Crippen LogP contribution is 2.33. The van der Waals surface area contributed by atoms with E-state index in [2.05, 4.69) is 15.6 Å². The first-order chi connectivity index (χ1) is 19.5. The van der Waals surface area contributed by atoms with Gasteiger partial charge in [-0.3, -0.25) is 9.59 Å². The molecular weight excluding hydrogens is 504 g/mol. The van der Waals surface area contributed by atoms with E-state index in [0.29, 0.717) is 24.5 Å². The zero-order valence-electron chi connectivity index (χ0n) is 22.4. The molecule has 3 aromatic carbocycles. The molecule has 0 saturated carbocycles. The van der Waals surface area contributed by atoms with E-state index in [0.717, 1.165) is 58.8 Å². The maximum Gasteiger partial charge on any atom is 0.269 e. The molecule has 4 N–H and O–H groups in total. The van der Waals surface area contributed by atoms with Gasteiger partial charge in [-0.25, -0.2) is 4.98 Å². The third-order valence-corrected chi connectivity index (χ3v) is 6.92. The van der Waals surface area contributed by atoms with Crippen LogP contribution in [0, 0.1) is 0 Å². The highest BCUT2D eigenvalue weighted by Gasteiger charge is 2.17. The molecule has 0 bridgehead atoms. The minimum atomic E-state index is -0.279. The highest BCUT2D eigenvalue weighted by molar-refractivity contribution is 6.13. The Bertz CT molecular complexity index is 1640. The van der Waals surface area contributed by atoms with Crippen molar-refractivity contribution in [1.29, 1.82) is 0 Å². The van der Waals surface area contributed by atoms with Gasteiger partial charge in [0.2, 0.25) is 0 Å². The van der Waals surface area contributed by atoms with Crippen LogP contribution < -0.4 is 15.4 Å². The predicted octanol–water partition coefficient (Wildman–Crippen LogP) is 5.82. The molecule has 2 heterocycles. The normalized spacial score (nSPS) is 11.0. The maximum atomic E-state index is 13.1. The zero-order valence-corrected chi connectivity index (χ0v) is 22.4. The minimum absolute atomic E-state index is 0.0230. The summed E-state index contributed by atoms with van der Waals surface area (Å²) in [5, 5.41) is 17.6. The number of phenols is 1. The summed E-state index contributed by atoms with van der Waals surface area (Å²) < 4.78 is 5.30. The second-order valence-electron chi connectivity index (χ2n) is 9.62. The molecule has 0 atom stereocenters. The number of carbonyl (C=O) groups excluding carboxylic acids is 2. The van der Waals surface area contributed by atoms with Crippen molar-refractivity contribution in [1.82, 2.24) is 20.6 Å². The molecular formula is C32H32N4O4. The average Bonchev–Trinajstić information content (AvgIpc) is 3.37. The smallest absolute Gasteiger partial charge is 0.269 e. The number of benzene rings is 3. The van der Waals surface area contributed by atoms with Crippen LogP contribution in [-0.4, -0.2) is 47.1 Å². The van der Waals surface area contributed by atoms with Crippen molar-refractivity contribution in [2.75, 3.05) is 20.2 Å². The number of hydrogen-bond acceptors (Lipinski definition) is 5. The lowest BCUT2D eigenvalue weighted by Gasteiger charge is -2.09. The topological polar surface area (TPSA) is 116 Å². The van der Waals surface area contributed by atoms with E-state index < -0.39 is 0 Å². The lowest BCUT2D eigenvalue weighted by Crippen LogP contribution is -2.26. The van der Waals surface area contributed by atoms with Crippen LogP contribution in [0.25, 0.3) is 33.1 Å². The molecule has 5 rings (SSSR count). The monoisotopic (exact) mass is 536 g/mol. The van der Waals surface area contributed by atoms with Crippen LogP contribution in [0.2, 0.25) is 0 Å². The molecule has 8 nitrogen and oxygen atoms in total. The summed E-state index contributed by atoms with van der Waals surface area (Å²) in [5.74, 6) is 0.240. The van der Waals surface area contributed by atoms with Crippen LogP contribution in [0.4, 0.5) is 0 Å². The maximum absolute atomic E-state index is 13.1. The summed E-state index contributed by atoms with van der Waals surface area (Å²) in [7, 11) is 1.63. The van der Waals surface area contributed by atoms with Crippen LogP contribution in [0.3, 0.4) is 0 Å². The van der Waals surface area contributed by atoms with Gasteiger partial charge >= 0.3 is 0 Å². The van der Waals surface area contributed by atoms with Crippen molar-refractivity contribution >= 4 is 33.6 Å². The summed E-state index contributed by atoms with van der Waals surface area (Å²) in [6, 6.07) is 24.0. The number of rotatable bonds is 11. The fourth-order valence-electron chi connectivity index (χ4n) is 4.78. The van der Waals surface area contributed by atoms with Crippen molar-refractivity contribution in [3.8, 4) is 22.8 Å². The molecule has 0 radical (unpaired) electrons. The largest absolute Gasteiger partial charge is 0.507 e. The number of unbranched alkanes of at least 4 members (excludes halogenated alkanes) is 3. The number of hydrogen-bond donors (Lipinski definition) is 4. The molecule has 0 aliphatic heterocycles. The number of pyridine rings is 1. The van der Waals surface area contributed by atoms with Crippen molar-refractivity contribution < 1.29 is 19.4 Å². The molecule has 204 valence electrons. The van der Waals surface area contributed by atoms with E-state index in [1.807, 2.05) is 54.6 Å². The Hall–Kier alpha value is -4.85. The number of aromatic nitrogens is 2. The van der Waals surface area contributed by atoms with Gasteiger partial charge in [0.15, 0.2) is 0 Å². The van der Waals surface area contributed by atoms with Gasteiger partial charge in [-0.15, -0.1) is 0 Å². The Morgan fingerprint density at radius 2 is 1.50 bits per heavy atom. The van der Waals surface area contributed by atoms with Crippen LogP contribution in [0.5, 0.6) is 11.5 Å². The van der Waals surface area contributed by atoms with Crippen LogP contribution in [0.15, 0.2) is 78.9 Å². The van der Waals surface area contributed by atoms with E-state index in [1.165, 1.54) is 6.07 Å². The Morgan fingerprint density at radius 3 is 2.23 bits per heavy atom.